The lowest BCUT2D eigenvalue weighted by atomic mass is 9.79. The Morgan fingerprint density at radius 1 is 1.35 bits per heavy atom. The van der Waals surface area contributed by atoms with E-state index in [-0.39, 0.29) is 6.54 Å². The summed E-state index contributed by atoms with van der Waals surface area (Å²) in [6.07, 6.45) is 0.0801. The highest BCUT2D eigenvalue weighted by atomic mass is 16.5. The summed E-state index contributed by atoms with van der Waals surface area (Å²) in [7, 11) is 1.59. The first kappa shape index (κ1) is 15.8. The van der Waals surface area contributed by atoms with Crippen LogP contribution in [-0.2, 0) is 10.2 Å². The average molecular weight is 276 g/mol. The molecule has 0 bridgehead atoms. The fourth-order valence-electron chi connectivity index (χ4n) is 1.93. The number of benzene rings is 1. The van der Waals surface area contributed by atoms with Crippen LogP contribution in [0.25, 0.3) is 0 Å². The topological polar surface area (TPSA) is 71.3 Å². The SMILES string of the molecule is CCOC(=O)NCC(C#N)(CC)c1ccc(OC)cc1. The zero-order valence-corrected chi connectivity index (χ0v) is 12.1. The van der Waals surface area contributed by atoms with Gasteiger partial charge in [0.25, 0.3) is 0 Å². The highest BCUT2D eigenvalue weighted by molar-refractivity contribution is 5.67. The van der Waals surface area contributed by atoms with Crippen LogP contribution in [0.3, 0.4) is 0 Å². The molecule has 20 heavy (non-hydrogen) atoms. The molecule has 0 spiro atoms. The maximum Gasteiger partial charge on any atom is 0.407 e. The number of alkyl carbamates (subject to hydrolysis) is 1. The minimum absolute atomic E-state index is 0.213. The number of nitrogens with one attached hydrogen (secondary N) is 1. The molecule has 1 unspecified atom stereocenters. The third-order valence-electron chi connectivity index (χ3n) is 3.27. The van der Waals surface area contributed by atoms with Crippen molar-refractivity contribution in [3.05, 3.63) is 29.8 Å². The quantitative estimate of drug-likeness (QED) is 0.867. The van der Waals surface area contributed by atoms with Crippen LogP contribution in [0.4, 0.5) is 4.79 Å². The van der Waals surface area contributed by atoms with E-state index in [1.54, 1.807) is 26.2 Å². The molecule has 1 aromatic carbocycles. The van der Waals surface area contributed by atoms with Crippen LogP contribution in [0.5, 0.6) is 5.75 Å². The Balaban J connectivity index is 2.90. The fraction of sp³-hybridized carbons (Fsp3) is 0.467. The molecule has 0 radical (unpaired) electrons. The molecule has 0 aliphatic carbocycles. The molecule has 0 aromatic heterocycles. The van der Waals surface area contributed by atoms with Crippen LogP contribution in [0, 0.1) is 11.3 Å². The fourth-order valence-corrected chi connectivity index (χ4v) is 1.93. The second-order valence-corrected chi connectivity index (χ2v) is 4.35. The van der Waals surface area contributed by atoms with Gasteiger partial charge in [-0.15, -0.1) is 0 Å². The maximum atomic E-state index is 11.4. The highest BCUT2D eigenvalue weighted by Crippen LogP contribution is 2.28. The van der Waals surface area contributed by atoms with E-state index in [9.17, 15) is 10.1 Å². The molecule has 1 aromatic rings. The van der Waals surface area contributed by atoms with Gasteiger partial charge in [0, 0.05) is 6.54 Å². The number of nitriles is 1. The number of nitrogens with zero attached hydrogens (tertiary/aromatic N) is 1. The summed E-state index contributed by atoms with van der Waals surface area (Å²) in [6.45, 7) is 4.17. The number of rotatable bonds is 6. The molecule has 1 atom stereocenters. The maximum absolute atomic E-state index is 11.4. The molecule has 108 valence electrons. The summed E-state index contributed by atoms with van der Waals surface area (Å²) < 4.78 is 9.93. The average Bonchev–Trinajstić information content (AvgIpc) is 2.49. The summed E-state index contributed by atoms with van der Waals surface area (Å²) >= 11 is 0. The van der Waals surface area contributed by atoms with Gasteiger partial charge in [0.15, 0.2) is 0 Å². The summed E-state index contributed by atoms with van der Waals surface area (Å²) in [5.74, 6) is 0.732. The molecule has 0 fully saturated rings. The second-order valence-electron chi connectivity index (χ2n) is 4.35. The summed E-state index contributed by atoms with van der Waals surface area (Å²) in [6, 6.07) is 9.61. The lowest BCUT2D eigenvalue weighted by Gasteiger charge is -2.26. The molecule has 0 aliphatic heterocycles. The molecule has 1 N–H and O–H groups in total. The Morgan fingerprint density at radius 2 is 2.00 bits per heavy atom. The minimum Gasteiger partial charge on any atom is -0.497 e. The Kier molecular flexibility index (Phi) is 5.85. The van der Waals surface area contributed by atoms with E-state index < -0.39 is 11.5 Å². The summed E-state index contributed by atoms with van der Waals surface area (Å²) in [5.41, 5.74) is 0.0825. The number of methoxy groups -OCH3 is 1. The standard InChI is InChI=1S/C15H20N2O3/c1-4-15(10-16,11-17-14(18)20-5-2)12-6-8-13(19-3)9-7-12/h6-9H,4-5,11H2,1-3H3,(H,17,18). The molecule has 0 aliphatic rings. The summed E-state index contributed by atoms with van der Waals surface area (Å²) in [4.78, 5) is 11.4. The van der Waals surface area contributed by atoms with Gasteiger partial charge in [-0.2, -0.15) is 5.26 Å². The first-order chi connectivity index (χ1) is 9.61. The minimum atomic E-state index is -0.765. The van der Waals surface area contributed by atoms with Crippen molar-refractivity contribution in [3.8, 4) is 11.8 Å². The van der Waals surface area contributed by atoms with Crippen LogP contribution in [0.2, 0.25) is 0 Å². The first-order valence-corrected chi connectivity index (χ1v) is 6.58. The van der Waals surface area contributed by atoms with Crippen LogP contribution < -0.4 is 10.1 Å². The van der Waals surface area contributed by atoms with Gasteiger partial charge in [-0.25, -0.2) is 4.79 Å². The van der Waals surface area contributed by atoms with Crippen molar-refractivity contribution in [2.75, 3.05) is 20.3 Å². The Labute approximate surface area is 119 Å². The van der Waals surface area contributed by atoms with Gasteiger partial charge in [0.2, 0.25) is 0 Å². The normalized spacial score (nSPS) is 12.9. The molecule has 1 rings (SSSR count). The zero-order valence-electron chi connectivity index (χ0n) is 12.1. The molecule has 0 heterocycles. The van der Waals surface area contributed by atoms with Crippen molar-refractivity contribution >= 4 is 6.09 Å². The van der Waals surface area contributed by atoms with Crippen LogP contribution in [-0.4, -0.2) is 26.4 Å². The van der Waals surface area contributed by atoms with E-state index in [4.69, 9.17) is 9.47 Å². The molecule has 5 nitrogen and oxygen atoms in total. The number of amides is 1. The first-order valence-electron chi connectivity index (χ1n) is 6.58. The summed E-state index contributed by atoms with van der Waals surface area (Å²) in [5, 5.41) is 12.2. The number of carbonyl (C=O) groups excluding carboxylic acids is 1. The highest BCUT2D eigenvalue weighted by Gasteiger charge is 2.31. The van der Waals surface area contributed by atoms with E-state index in [0.29, 0.717) is 13.0 Å². The van der Waals surface area contributed by atoms with Gasteiger partial charge in [-0.3, -0.25) is 0 Å². The van der Waals surface area contributed by atoms with Gasteiger partial charge < -0.3 is 14.8 Å². The second kappa shape index (κ2) is 7.39. The van der Waals surface area contributed by atoms with E-state index >= 15 is 0 Å². The molecule has 0 saturated carbocycles. The smallest absolute Gasteiger partial charge is 0.407 e. The number of hydrogen-bond donors (Lipinski definition) is 1. The van der Waals surface area contributed by atoms with Crippen LogP contribution in [0.1, 0.15) is 25.8 Å². The van der Waals surface area contributed by atoms with E-state index in [1.807, 2.05) is 19.1 Å². The third-order valence-corrected chi connectivity index (χ3v) is 3.27. The lowest BCUT2D eigenvalue weighted by molar-refractivity contribution is 0.150. The monoisotopic (exact) mass is 276 g/mol. The van der Waals surface area contributed by atoms with E-state index in [0.717, 1.165) is 11.3 Å². The predicted molar refractivity (Wildman–Crippen MR) is 75.6 cm³/mol. The van der Waals surface area contributed by atoms with Gasteiger partial charge in [-0.1, -0.05) is 19.1 Å². The van der Waals surface area contributed by atoms with Crippen LogP contribution >= 0.6 is 0 Å². The van der Waals surface area contributed by atoms with Gasteiger partial charge in [0.1, 0.15) is 5.75 Å². The van der Waals surface area contributed by atoms with Gasteiger partial charge in [-0.05, 0) is 31.0 Å². The van der Waals surface area contributed by atoms with Gasteiger partial charge >= 0.3 is 6.09 Å². The van der Waals surface area contributed by atoms with Gasteiger partial charge in [0.05, 0.1) is 25.2 Å². The van der Waals surface area contributed by atoms with Crippen LogP contribution in [0.15, 0.2) is 24.3 Å². The zero-order chi connectivity index (χ0) is 15.0. The Morgan fingerprint density at radius 3 is 2.45 bits per heavy atom. The Bertz CT molecular complexity index is 479. The van der Waals surface area contributed by atoms with Crippen molar-refractivity contribution in [2.45, 2.75) is 25.7 Å². The van der Waals surface area contributed by atoms with Crippen molar-refractivity contribution < 1.29 is 14.3 Å². The van der Waals surface area contributed by atoms with E-state index in [1.165, 1.54) is 0 Å². The molecular weight excluding hydrogens is 256 g/mol. The van der Waals surface area contributed by atoms with E-state index in [2.05, 4.69) is 11.4 Å². The molecule has 5 heteroatoms. The number of hydrogen-bond acceptors (Lipinski definition) is 4. The van der Waals surface area contributed by atoms with Crippen molar-refractivity contribution in [1.82, 2.24) is 5.32 Å². The predicted octanol–water partition coefficient (Wildman–Crippen LogP) is 2.61. The number of carbonyl (C=O) groups is 1. The molecule has 0 saturated heterocycles. The number of ether oxygens (including phenoxy) is 2. The third kappa shape index (κ3) is 3.64. The van der Waals surface area contributed by atoms with Crippen molar-refractivity contribution in [1.29, 1.82) is 5.26 Å². The largest absolute Gasteiger partial charge is 0.497 e. The molecular formula is C15H20N2O3. The molecule has 1 amide bonds. The van der Waals surface area contributed by atoms with Crippen molar-refractivity contribution in [2.24, 2.45) is 0 Å². The van der Waals surface area contributed by atoms with Crippen molar-refractivity contribution in [3.63, 3.8) is 0 Å². The Hall–Kier alpha value is -2.22. The lowest BCUT2D eigenvalue weighted by Crippen LogP contribution is -2.39.